The van der Waals surface area contributed by atoms with Crippen molar-refractivity contribution in [3.05, 3.63) is 54.1 Å². The monoisotopic (exact) mass is 217 g/mol. The lowest BCUT2D eigenvalue weighted by atomic mass is 10.2. The minimum absolute atomic E-state index is 0.0681. The number of aldehydes is 1. The Morgan fingerprint density at radius 3 is 2.81 bits per heavy atom. The fraction of sp³-hybridized carbons (Fsp3) is 0. The van der Waals surface area contributed by atoms with Gasteiger partial charge in [-0.3, -0.25) is 9.78 Å². The minimum Gasteiger partial charge on any atom is -0.453 e. The average Bonchev–Trinajstić information content (AvgIpc) is 2.33. The van der Waals surface area contributed by atoms with Gasteiger partial charge in [0.2, 0.25) is 0 Å². The lowest BCUT2D eigenvalue weighted by Crippen LogP contribution is -1.90. The maximum Gasteiger partial charge on any atom is 0.166 e. The Hall–Kier alpha value is -2.23. The number of carbonyl (C=O) groups excluding carboxylic acids is 1. The first-order valence-electron chi connectivity index (χ1n) is 4.62. The molecule has 0 saturated heterocycles. The molecule has 0 spiro atoms. The highest BCUT2D eigenvalue weighted by atomic mass is 19.1. The summed E-state index contributed by atoms with van der Waals surface area (Å²) < 4.78 is 18.7. The maximum atomic E-state index is 13.4. The molecule has 0 radical (unpaired) electrons. The van der Waals surface area contributed by atoms with Crippen molar-refractivity contribution >= 4 is 6.29 Å². The number of aromatic nitrogens is 1. The van der Waals surface area contributed by atoms with Gasteiger partial charge in [0.05, 0.1) is 6.20 Å². The van der Waals surface area contributed by atoms with Gasteiger partial charge in [-0.25, -0.2) is 4.39 Å². The molecule has 16 heavy (non-hydrogen) atoms. The molecule has 0 N–H and O–H groups in total. The summed E-state index contributed by atoms with van der Waals surface area (Å²) in [6.45, 7) is 0. The Kier molecular flexibility index (Phi) is 2.91. The lowest BCUT2D eigenvalue weighted by Gasteiger charge is -2.05. The molecule has 0 aliphatic heterocycles. The highest BCUT2D eigenvalue weighted by molar-refractivity contribution is 5.75. The van der Waals surface area contributed by atoms with Crippen LogP contribution < -0.4 is 4.74 Å². The molecule has 0 bridgehead atoms. The van der Waals surface area contributed by atoms with E-state index in [0.717, 1.165) is 6.07 Å². The van der Waals surface area contributed by atoms with E-state index in [-0.39, 0.29) is 11.3 Å². The van der Waals surface area contributed by atoms with Crippen LogP contribution in [0.3, 0.4) is 0 Å². The predicted molar refractivity (Wildman–Crippen MR) is 56.1 cm³/mol. The van der Waals surface area contributed by atoms with Crippen LogP contribution in [-0.4, -0.2) is 11.3 Å². The molecule has 0 aliphatic rings. The summed E-state index contributed by atoms with van der Waals surface area (Å²) in [4.78, 5) is 14.3. The molecule has 1 aromatic carbocycles. The molecule has 2 rings (SSSR count). The van der Waals surface area contributed by atoms with Gasteiger partial charge in [-0.05, 0) is 30.3 Å². The van der Waals surface area contributed by atoms with Gasteiger partial charge in [0.15, 0.2) is 11.6 Å². The first-order valence-corrected chi connectivity index (χ1v) is 4.62. The average molecular weight is 217 g/mol. The summed E-state index contributed by atoms with van der Waals surface area (Å²) in [6, 6.07) is 7.37. The summed E-state index contributed by atoms with van der Waals surface area (Å²) in [5.74, 6) is -0.0627. The molecule has 3 nitrogen and oxygen atoms in total. The van der Waals surface area contributed by atoms with E-state index in [1.54, 1.807) is 18.3 Å². The van der Waals surface area contributed by atoms with Crippen LogP contribution in [0.5, 0.6) is 11.5 Å². The summed E-state index contributed by atoms with van der Waals surface area (Å²) >= 11 is 0. The van der Waals surface area contributed by atoms with Gasteiger partial charge < -0.3 is 4.74 Å². The fourth-order valence-corrected chi connectivity index (χ4v) is 1.21. The van der Waals surface area contributed by atoms with Crippen LogP contribution in [0.1, 0.15) is 10.4 Å². The van der Waals surface area contributed by atoms with Crippen LogP contribution in [0, 0.1) is 5.82 Å². The van der Waals surface area contributed by atoms with E-state index in [2.05, 4.69) is 4.98 Å². The number of benzene rings is 1. The SMILES string of the molecule is O=Cc1ccc(Oc2cccnc2)c(F)c1. The number of ether oxygens (including phenoxy) is 1. The molecular weight excluding hydrogens is 209 g/mol. The zero-order chi connectivity index (χ0) is 11.4. The second-order valence-electron chi connectivity index (χ2n) is 3.10. The first-order chi connectivity index (χ1) is 7.79. The molecule has 0 saturated carbocycles. The van der Waals surface area contributed by atoms with E-state index < -0.39 is 5.82 Å². The number of carbonyl (C=O) groups is 1. The zero-order valence-electron chi connectivity index (χ0n) is 8.26. The topological polar surface area (TPSA) is 39.2 Å². The van der Waals surface area contributed by atoms with Gasteiger partial charge in [-0.15, -0.1) is 0 Å². The van der Waals surface area contributed by atoms with Gasteiger partial charge in [0.1, 0.15) is 12.0 Å². The number of nitrogens with zero attached hydrogens (tertiary/aromatic N) is 1. The number of hydrogen-bond acceptors (Lipinski definition) is 3. The highest BCUT2D eigenvalue weighted by Gasteiger charge is 2.05. The van der Waals surface area contributed by atoms with Crippen molar-refractivity contribution in [1.29, 1.82) is 0 Å². The maximum absolute atomic E-state index is 13.4. The standard InChI is InChI=1S/C12H8FNO2/c13-11-6-9(8-15)3-4-12(11)16-10-2-1-5-14-7-10/h1-8H. The lowest BCUT2D eigenvalue weighted by molar-refractivity contribution is 0.112. The van der Waals surface area contributed by atoms with Crippen LogP contribution in [0.2, 0.25) is 0 Å². The summed E-state index contributed by atoms with van der Waals surface area (Å²) in [5, 5.41) is 0. The summed E-state index contributed by atoms with van der Waals surface area (Å²) in [5.41, 5.74) is 0.274. The predicted octanol–water partition coefficient (Wildman–Crippen LogP) is 2.83. The molecule has 1 aromatic heterocycles. The third-order valence-corrected chi connectivity index (χ3v) is 1.95. The van der Waals surface area contributed by atoms with E-state index in [1.807, 2.05) is 0 Å². The second-order valence-corrected chi connectivity index (χ2v) is 3.10. The van der Waals surface area contributed by atoms with Crippen LogP contribution in [0.15, 0.2) is 42.7 Å². The van der Waals surface area contributed by atoms with E-state index in [0.29, 0.717) is 12.0 Å². The third kappa shape index (κ3) is 2.23. The third-order valence-electron chi connectivity index (χ3n) is 1.95. The van der Waals surface area contributed by atoms with Gasteiger partial charge >= 0.3 is 0 Å². The summed E-state index contributed by atoms with van der Waals surface area (Å²) in [6.07, 6.45) is 3.66. The Morgan fingerprint density at radius 1 is 1.31 bits per heavy atom. The van der Waals surface area contributed by atoms with Crippen LogP contribution in [0.25, 0.3) is 0 Å². The van der Waals surface area contributed by atoms with Crippen molar-refractivity contribution in [2.75, 3.05) is 0 Å². The number of hydrogen-bond donors (Lipinski definition) is 0. The van der Waals surface area contributed by atoms with Crippen molar-refractivity contribution in [2.45, 2.75) is 0 Å². The van der Waals surface area contributed by atoms with Crippen molar-refractivity contribution in [1.82, 2.24) is 4.98 Å². The smallest absolute Gasteiger partial charge is 0.166 e. The van der Waals surface area contributed by atoms with E-state index in [9.17, 15) is 9.18 Å². The Balaban J connectivity index is 2.25. The quantitative estimate of drug-likeness (QED) is 0.742. The number of halogens is 1. The highest BCUT2D eigenvalue weighted by Crippen LogP contribution is 2.23. The minimum atomic E-state index is -0.576. The molecule has 80 valence electrons. The molecule has 0 unspecified atom stereocenters. The molecule has 4 heteroatoms. The van der Waals surface area contributed by atoms with Crippen LogP contribution >= 0.6 is 0 Å². The van der Waals surface area contributed by atoms with Gasteiger partial charge in [0, 0.05) is 11.8 Å². The molecule has 0 atom stereocenters. The molecule has 0 aliphatic carbocycles. The normalized spacial score (nSPS) is 9.81. The van der Waals surface area contributed by atoms with Crippen molar-refractivity contribution in [3.8, 4) is 11.5 Å². The van der Waals surface area contributed by atoms with E-state index in [1.165, 1.54) is 18.3 Å². The van der Waals surface area contributed by atoms with Gasteiger partial charge in [-0.1, -0.05) is 0 Å². The Labute approximate surface area is 91.5 Å². The molecular formula is C12H8FNO2. The number of pyridine rings is 1. The largest absolute Gasteiger partial charge is 0.453 e. The molecule has 0 fully saturated rings. The molecule has 1 heterocycles. The van der Waals surface area contributed by atoms with Crippen molar-refractivity contribution in [2.24, 2.45) is 0 Å². The first kappa shape index (κ1) is 10.3. The number of rotatable bonds is 3. The van der Waals surface area contributed by atoms with Crippen LogP contribution in [-0.2, 0) is 0 Å². The van der Waals surface area contributed by atoms with Gasteiger partial charge in [-0.2, -0.15) is 0 Å². The van der Waals surface area contributed by atoms with Crippen molar-refractivity contribution < 1.29 is 13.9 Å². The van der Waals surface area contributed by atoms with Crippen LogP contribution in [0.4, 0.5) is 4.39 Å². The van der Waals surface area contributed by atoms with Crippen molar-refractivity contribution in [3.63, 3.8) is 0 Å². The summed E-state index contributed by atoms with van der Waals surface area (Å²) in [7, 11) is 0. The molecule has 2 aromatic rings. The Bertz CT molecular complexity index is 500. The fourth-order valence-electron chi connectivity index (χ4n) is 1.21. The van der Waals surface area contributed by atoms with E-state index >= 15 is 0 Å². The zero-order valence-corrected chi connectivity index (χ0v) is 8.26. The Morgan fingerprint density at radius 2 is 2.19 bits per heavy atom. The second kappa shape index (κ2) is 4.53. The van der Waals surface area contributed by atoms with Gasteiger partial charge in [0.25, 0.3) is 0 Å². The van der Waals surface area contributed by atoms with E-state index in [4.69, 9.17) is 4.74 Å². The molecule has 0 amide bonds.